The molecule has 25 heavy (non-hydrogen) atoms. The third-order valence-corrected chi connectivity index (χ3v) is 17.6. The fourth-order valence-corrected chi connectivity index (χ4v) is 17.4. The van der Waals surface area contributed by atoms with Gasteiger partial charge in [0.1, 0.15) is 0 Å². The molecule has 1 heterocycles. The topological polar surface area (TPSA) is 0 Å². The van der Waals surface area contributed by atoms with Crippen molar-refractivity contribution < 1.29 is 0 Å². The summed E-state index contributed by atoms with van der Waals surface area (Å²) in [4.78, 5) is 0. The van der Waals surface area contributed by atoms with Crippen molar-refractivity contribution >= 4 is 32.8 Å². The van der Waals surface area contributed by atoms with Crippen LogP contribution in [-0.4, -0.2) is 18.8 Å². The molecule has 4 aromatic rings. The average Bonchev–Trinajstić information content (AvgIpc) is 3.01. The predicted octanol–water partition coefficient (Wildman–Crippen LogP) is 3.04. The summed E-state index contributed by atoms with van der Waals surface area (Å²) in [7, 11) is 0. The number of rotatable bonds is 2. The van der Waals surface area contributed by atoms with Crippen LogP contribution in [0.2, 0.25) is 0 Å². The Balaban J connectivity index is 1.98. The molecule has 0 amide bonds. The van der Waals surface area contributed by atoms with Gasteiger partial charge in [-0.1, -0.05) is 0 Å². The zero-order valence-electron chi connectivity index (χ0n) is 13.8. The molecule has 0 atom stereocenters. The van der Waals surface area contributed by atoms with Crippen LogP contribution < -0.4 is 14.0 Å². The number of fused-ring (bicyclic) bond motifs is 3. The van der Waals surface area contributed by atoms with Crippen molar-refractivity contribution in [2.75, 3.05) is 0 Å². The molecule has 0 bridgehead atoms. The van der Waals surface area contributed by atoms with Crippen molar-refractivity contribution in [1.82, 2.24) is 0 Å². The fourth-order valence-electron chi connectivity index (χ4n) is 4.13. The molecule has 1 heteroatoms. The molecule has 0 radical (unpaired) electrons. The minimum absolute atomic E-state index is 1.43. The molecule has 4 aromatic carbocycles. The number of hydrogen-bond donors (Lipinski definition) is 0. The van der Waals surface area contributed by atoms with Gasteiger partial charge in [0.15, 0.2) is 0 Å². The molecule has 0 aliphatic carbocycles. The first-order valence-electron chi connectivity index (χ1n) is 8.62. The van der Waals surface area contributed by atoms with Crippen molar-refractivity contribution in [1.29, 1.82) is 0 Å². The quantitative estimate of drug-likeness (QED) is 0.380. The van der Waals surface area contributed by atoms with Gasteiger partial charge in [0, 0.05) is 0 Å². The molecule has 0 saturated heterocycles. The van der Waals surface area contributed by atoms with E-state index in [2.05, 4.69) is 109 Å². The Bertz CT molecular complexity index is 949. The first-order chi connectivity index (χ1) is 12.4. The van der Waals surface area contributed by atoms with Crippen LogP contribution >= 0.6 is 0 Å². The minimum atomic E-state index is -3.09. The van der Waals surface area contributed by atoms with Crippen LogP contribution in [0.5, 0.6) is 0 Å². The summed E-state index contributed by atoms with van der Waals surface area (Å²) in [6, 6.07) is 40.5. The van der Waals surface area contributed by atoms with E-state index in [1.165, 1.54) is 18.1 Å². The van der Waals surface area contributed by atoms with E-state index in [1.807, 2.05) is 0 Å². The van der Waals surface area contributed by atoms with E-state index in [4.69, 9.17) is 0 Å². The first kappa shape index (κ1) is 15.0. The Kier molecular flexibility index (Phi) is 3.54. The number of hydrogen-bond acceptors (Lipinski definition) is 0. The van der Waals surface area contributed by atoms with E-state index < -0.39 is 18.8 Å². The van der Waals surface area contributed by atoms with Gasteiger partial charge in [0.05, 0.1) is 0 Å². The van der Waals surface area contributed by atoms with E-state index in [9.17, 15) is 0 Å². The zero-order valence-corrected chi connectivity index (χ0v) is 16.4. The second-order valence-corrected chi connectivity index (χ2v) is 15.9. The summed E-state index contributed by atoms with van der Waals surface area (Å²) < 4.78 is 6.17. The normalized spacial score (nSPS) is 13.9. The van der Waals surface area contributed by atoms with Gasteiger partial charge >= 0.3 is 153 Å². The second kappa shape index (κ2) is 5.90. The molecule has 0 spiro atoms. The van der Waals surface area contributed by atoms with Crippen LogP contribution in [0.3, 0.4) is 0 Å². The van der Waals surface area contributed by atoms with Gasteiger partial charge in [0.2, 0.25) is 0 Å². The standard InChI is InChI=1S/C12H8.2C6H5.Sb/c1-3-7-11(8-4-1)12-9-5-2-6-10-12;2*1-2-4-6-5-3-1;/h1-7,9H;2*1-5H;/q;;;+1. The molecule has 0 fully saturated rings. The molecule has 5 rings (SSSR count). The summed E-state index contributed by atoms with van der Waals surface area (Å²) in [5, 5.41) is 0. The van der Waals surface area contributed by atoms with E-state index in [1.54, 1.807) is 7.02 Å². The van der Waals surface area contributed by atoms with E-state index in [0.29, 0.717) is 0 Å². The third kappa shape index (κ3) is 2.08. The molecule has 118 valence electrons. The van der Waals surface area contributed by atoms with Crippen molar-refractivity contribution in [3.8, 4) is 11.1 Å². The maximum atomic E-state index is 2.38. The third-order valence-electron chi connectivity index (χ3n) is 5.11. The van der Waals surface area contributed by atoms with E-state index in [-0.39, 0.29) is 0 Å². The van der Waals surface area contributed by atoms with E-state index in [0.717, 1.165) is 0 Å². The van der Waals surface area contributed by atoms with Gasteiger partial charge in [-0.3, -0.25) is 0 Å². The van der Waals surface area contributed by atoms with Gasteiger partial charge in [0.25, 0.3) is 0 Å². The summed E-state index contributed by atoms with van der Waals surface area (Å²) in [6.45, 7) is 0. The van der Waals surface area contributed by atoms with Gasteiger partial charge < -0.3 is 0 Å². The Morgan fingerprint density at radius 3 is 1.16 bits per heavy atom. The maximum absolute atomic E-state index is 3.09. The van der Waals surface area contributed by atoms with Crippen molar-refractivity contribution in [2.45, 2.75) is 0 Å². The van der Waals surface area contributed by atoms with Crippen LogP contribution in [0.1, 0.15) is 0 Å². The molecule has 1 aliphatic rings. The Morgan fingerprint density at radius 2 is 0.720 bits per heavy atom. The summed E-state index contributed by atoms with van der Waals surface area (Å²) >= 11 is -3.09. The van der Waals surface area contributed by atoms with Crippen LogP contribution in [-0.2, 0) is 0 Å². The van der Waals surface area contributed by atoms with Gasteiger partial charge in [-0.25, -0.2) is 0 Å². The van der Waals surface area contributed by atoms with Crippen molar-refractivity contribution in [3.63, 3.8) is 0 Å². The average molecular weight is 428 g/mol. The number of benzene rings is 4. The van der Waals surface area contributed by atoms with Crippen LogP contribution in [0.25, 0.3) is 11.1 Å². The van der Waals surface area contributed by atoms with E-state index >= 15 is 0 Å². The molecule has 0 unspecified atom stereocenters. The first-order valence-corrected chi connectivity index (χ1v) is 13.7. The molecule has 0 N–H and O–H groups in total. The van der Waals surface area contributed by atoms with Crippen LogP contribution in [0.4, 0.5) is 0 Å². The molecular weight excluding hydrogens is 410 g/mol. The Morgan fingerprint density at radius 1 is 0.360 bits per heavy atom. The molecule has 0 nitrogen and oxygen atoms in total. The molecule has 1 aliphatic heterocycles. The predicted molar refractivity (Wildman–Crippen MR) is 109 cm³/mol. The Hall–Kier alpha value is -2.30. The SMILES string of the molecule is c1cc[c]([Sb+]2([c]3ccccc3)[c]3ccccc3-c3cccc[c]32)cc1. The van der Waals surface area contributed by atoms with Gasteiger partial charge in [-0.2, -0.15) is 0 Å². The van der Waals surface area contributed by atoms with Crippen molar-refractivity contribution in [2.24, 2.45) is 0 Å². The second-order valence-electron chi connectivity index (χ2n) is 6.38. The summed E-state index contributed by atoms with van der Waals surface area (Å²) in [6.07, 6.45) is 0. The van der Waals surface area contributed by atoms with Gasteiger partial charge in [-0.15, -0.1) is 0 Å². The fraction of sp³-hybridized carbons (Fsp3) is 0. The molecular formula is C24H18Sb+. The Labute approximate surface area is 152 Å². The monoisotopic (exact) mass is 427 g/mol. The van der Waals surface area contributed by atoms with Gasteiger partial charge in [-0.05, 0) is 0 Å². The molecule has 0 aromatic heterocycles. The summed E-state index contributed by atoms with van der Waals surface area (Å²) in [5.41, 5.74) is 2.86. The van der Waals surface area contributed by atoms with Crippen LogP contribution in [0, 0.1) is 0 Å². The summed E-state index contributed by atoms with van der Waals surface area (Å²) in [5.74, 6) is 0. The zero-order chi connectivity index (χ0) is 16.7. The van der Waals surface area contributed by atoms with Crippen molar-refractivity contribution in [3.05, 3.63) is 109 Å². The molecule has 0 saturated carbocycles. The van der Waals surface area contributed by atoms with Crippen LogP contribution in [0.15, 0.2) is 109 Å².